The third-order valence-electron chi connectivity index (χ3n) is 5.25. The lowest BCUT2D eigenvalue weighted by molar-refractivity contribution is -0.133. The molecule has 0 bridgehead atoms. The monoisotopic (exact) mass is 479 g/mol. The third kappa shape index (κ3) is 7.35. The zero-order chi connectivity index (χ0) is 24.3. The van der Waals surface area contributed by atoms with Gasteiger partial charge in [0.1, 0.15) is 12.3 Å². The highest BCUT2D eigenvalue weighted by molar-refractivity contribution is 7.11. The molecule has 1 aromatic heterocycles. The molecule has 0 atom stereocenters. The van der Waals surface area contributed by atoms with Gasteiger partial charge in [0.05, 0.1) is 18.8 Å². The van der Waals surface area contributed by atoms with E-state index in [4.69, 9.17) is 4.74 Å². The number of benzene rings is 2. The van der Waals surface area contributed by atoms with Gasteiger partial charge in [0.25, 0.3) is 0 Å². The lowest BCUT2D eigenvalue weighted by atomic mass is 10.2. The molecule has 0 fully saturated rings. The molecule has 3 amide bonds. The summed E-state index contributed by atoms with van der Waals surface area (Å²) in [7, 11) is 0. The van der Waals surface area contributed by atoms with Gasteiger partial charge in [-0.1, -0.05) is 49.4 Å². The Kier molecular flexibility index (Phi) is 9.52. The summed E-state index contributed by atoms with van der Waals surface area (Å²) in [4.78, 5) is 32.3. The summed E-state index contributed by atoms with van der Waals surface area (Å²) in [5.74, 6) is 0.525. The molecule has 3 aromatic rings. The molecule has 1 heterocycles. The Hall–Kier alpha value is -3.32. The van der Waals surface area contributed by atoms with E-state index in [0.29, 0.717) is 37.7 Å². The van der Waals surface area contributed by atoms with Crippen LogP contribution in [0.3, 0.4) is 0 Å². The van der Waals surface area contributed by atoms with Crippen LogP contribution in [0.5, 0.6) is 5.75 Å². The van der Waals surface area contributed by atoms with Crippen molar-refractivity contribution >= 4 is 29.0 Å². The molecule has 0 spiro atoms. The fourth-order valence-corrected chi connectivity index (χ4v) is 4.53. The van der Waals surface area contributed by atoms with Crippen LogP contribution < -0.4 is 10.1 Å². The predicted molar refractivity (Wildman–Crippen MR) is 138 cm³/mol. The van der Waals surface area contributed by atoms with Gasteiger partial charge >= 0.3 is 6.03 Å². The second kappa shape index (κ2) is 12.8. The molecule has 0 aliphatic heterocycles. The molecule has 6 nitrogen and oxygen atoms in total. The summed E-state index contributed by atoms with van der Waals surface area (Å²) in [5, 5.41) is 2.92. The molecule has 0 aliphatic rings. The number of thiophene rings is 1. The van der Waals surface area contributed by atoms with Crippen molar-refractivity contribution in [1.29, 1.82) is 0 Å². The number of para-hydroxylation sites is 2. The minimum atomic E-state index is -0.311. The fraction of sp³-hybridized carbons (Fsp3) is 0.333. The Labute approximate surface area is 206 Å². The summed E-state index contributed by atoms with van der Waals surface area (Å²) in [6, 6.07) is 21.1. The van der Waals surface area contributed by atoms with Crippen molar-refractivity contribution < 1.29 is 14.3 Å². The summed E-state index contributed by atoms with van der Waals surface area (Å²) in [6.45, 7) is 7.95. The number of urea groups is 1. The number of ether oxygens (including phenoxy) is 1. The van der Waals surface area contributed by atoms with Crippen molar-refractivity contribution in [3.63, 3.8) is 0 Å². The number of carbonyl (C=O) groups is 2. The van der Waals surface area contributed by atoms with Gasteiger partial charge in [0, 0.05) is 22.8 Å². The summed E-state index contributed by atoms with van der Waals surface area (Å²) in [6.07, 6.45) is 0.747. The zero-order valence-electron chi connectivity index (χ0n) is 20.1. The van der Waals surface area contributed by atoms with Gasteiger partial charge in [0.15, 0.2) is 0 Å². The number of amides is 3. The normalized spacial score (nSPS) is 10.6. The third-order valence-corrected chi connectivity index (χ3v) is 6.23. The molecule has 0 saturated heterocycles. The minimum absolute atomic E-state index is 0.00761. The Morgan fingerprint density at radius 3 is 2.32 bits per heavy atom. The maximum absolute atomic E-state index is 13.5. The Balaban J connectivity index is 1.75. The van der Waals surface area contributed by atoms with Crippen LogP contribution >= 0.6 is 11.3 Å². The molecule has 0 saturated carbocycles. The van der Waals surface area contributed by atoms with Crippen LogP contribution in [-0.2, 0) is 17.9 Å². The fourth-order valence-electron chi connectivity index (χ4n) is 3.63. The standard InChI is InChI=1S/C27H33N3O3S/c1-4-17-29(27(32)28-24-13-9-10-14-25(24)33-5-2)20-26(31)30(18-22-11-7-6-8-12-22)19-23-16-15-21(3)34-23/h6-16H,4-5,17-20H2,1-3H3,(H,28,32). The quantitative estimate of drug-likeness (QED) is 0.371. The first-order chi connectivity index (χ1) is 16.5. The van der Waals surface area contributed by atoms with Crippen molar-refractivity contribution in [2.24, 2.45) is 0 Å². The van der Waals surface area contributed by atoms with Crippen molar-refractivity contribution in [3.05, 3.63) is 82.0 Å². The topological polar surface area (TPSA) is 61.9 Å². The highest BCUT2D eigenvalue weighted by atomic mass is 32.1. The molecular weight excluding hydrogens is 446 g/mol. The molecular formula is C27H33N3O3S. The van der Waals surface area contributed by atoms with Gasteiger partial charge in [-0.15, -0.1) is 11.3 Å². The number of carbonyl (C=O) groups excluding carboxylic acids is 2. The number of aryl methyl sites for hydroxylation is 1. The zero-order valence-corrected chi connectivity index (χ0v) is 20.9. The van der Waals surface area contributed by atoms with Crippen molar-refractivity contribution in [2.45, 2.75) is 40.3 Å². The average Bonchev–Trinajstić information content (AvgIpc) is 3.25. The molecule has 180 valence electrons. The van der Waals surface area contributed by atoms with E-state index in [2.05, 4.69) is 24.4 Å². The number of hydrogen-bond donors (Lipinski definition) is 1. The van der Waals surface area contributed by atoms with Crippen LogP contribution in [0.25, 0.3) is 0 Å². The Morgan fingerprint density at radius 1 is 0.912 bits per heavy atom. The van der Waals surface area contributed by atoms with E-state index in [1.165, 1.54) is 4.88 Å². The molecule has 0 unspecified atom stereocenters. The second-order valence-corrected chi connectivity index (χ2v) is 9.40. The van der Waals surface area contributed by atoms with Crippen molar-refractivity contribution in [2.75, 3.05) is 25.0 Å². The maximum Gasteiger partial charge on any atom is 0.322 e. The molecule has 2 aromatic carbocycles. The first kappa shape index (κ1) is 25.3. The van der Waals surface area contributed by atoms with Gasteiger partial charge in [-0.2, -0.15) is 0 Å². The molecule has 0 radical (unpaired) electrons. The Bertz CT molecular complexity index is 1070. The van der Waals surface area contributed by atoms with Crippen LogP contribution in [0.4, 0.5) is 10.5 Å². The molecule has 3 rings (SSSR count). The van der Waals surface area contributed by atoms with Crippen molar-refractivity contribution in [3.8, 4) is 5.75 Å². The predicted octanol–water partition coefficient (Wildman–Crippen LogP) is 5.93. The summed E-state index contributed by atoms with van der Waals surface area (Å²) >= 11 is 1.69. The molecule has 1 N–H and O–H groups in total. The summed E-state index contributed by atoms with van der Waals surface area (Å²) in [5.41, 5.74) is 1.65. The van der Waals surface area contributed by atoms with Gasteiger partial charge in [0.2, 0.25) is 5.91 Å². The van der Waals surface area contributed by atoms with Crippen LogP contribution in [-0.4, -0.2) is 41.4 Å². The van der Waals surface area contributed by atoms with Crippen LogP contribution in [0.2, 0.25) is 0 Å². The second-order valence-electron chi connectivity index (χ2n) is 8.03. The highest BCUT2D eigenvalue weighted by Gasteiger charge is 2.22. The van der Waals surface area contributed by atoms with E-state index in [1.54, 1.807) is 22.3 Å². The van der Waals surface area contributed by atoms with Gasteiger partial charge in [-0.25, -0.2) is 4.79 Å². The smallest absolute Gasteiger partial charge is 0.322 e. The number of hydrogen-bond acceptors (Lipinski definition) is 4. The lowest BCUT2D eigenvalue weighted by Crippen LogP contribution is -2.44. The van der Waals surface area contributed by atoms with Crippen LogP contribution in [0, 0.1) is 6.92 Å². The van der Waals surface area contributed by atoms with Gasteiger partial charge in [-0.05, 0) is 50.1 Å². The van der Waals surface area contributed by atoms with E-state index >= 15 is 0 Å². The van der Waals surface area contributed by atoms with E-state index in [-0.39, 0.29) is 18.5 Å². The SMILES string of the molecule is CCCN(CC(=O)N(Cc1ccccc1)Cc1ccc(C)s1)C(=O)Nc1ccccc1OCC. The van der Waals surface area contributed by atoms with Crippen LogP contribution in [0.1, 0.15) is 35.6 Å². The average molecular weight is 480 g/mol. The maximum atomic E-state index is 13.5. The first-order valence-electron chi connectivity index (χ1n) is 11.6. The molecule has 0 aliphatic carbocycles. The van der Waals surface area contributed by atoms with Gasteiger partial charge < -0.3 is 19.9 Å². The lowest BCUT2D eigenvalue weighted by Gasteiger charge is -2.28. The first-order valence-corrected chi connectivity index (χ1v) is 12.5. The highest BCUT2D eigenvalue weighted by Crippen LogP contribution is 2.24. The minimum Gasteiger partial charge on any atom is -0.492 e. The van der Waals surface area contributed by atoms with Crippen LogP contribution in [0.15, 0.2) is 66.7 Å². The number of nitrogens with zero attached hydrogens (tertiary/aromatic N) is 2. The number of nitrogens with one attached hydrogen (secondary N) is 1. The number of anilines is 1. The number of rotatable bonds is 11. The molecule has 34 heavy (non-hydrogen) atoms. The van der Waals surface area contributed by atoms with E-state index in [9.17, 15) is 9.59 Å². The van der Waals surface area contributed by atoms with Crippen molar-refractivity contribution in [1.82, 2.24) is 9.80 Å². The Morgan fingerprint density at radius 2 is 1.65 bits per heavy atom. The van der Waals surface area contributed by atoms with Gasteiger partial charge in [-0.3, -0.25) is 4.79 Å². The largest absolute Gasteiger partial charge is 0.492 e. The van der Waals surface area contributed by atoms with E-state index < -0.39 is 0 Å². The van der Waals surface area contributed by atoms with E-state index in [1.807, 2.05) is 67.3 Å². The molecule has 7 heteroatoms. The summed E-state index contributed by atoms with van der Waals surface area (Å²) < 4.78 is 5.62. The van der Waals surface area contributed by atoms with E-state index in [0.717, 1.165) is 16.9 Å².